The average molecular weight is 418 g/mol. The predicted molar refractivity (Wildman–Crippen MR) is 99.9 cm³/mol. The van der Waals surface area contributed by atoms with Crippen LogP contribution in [-0.4, -0.2) is 16.8 Å². The second-order valence-electron chi connectivity index (χ2n) is 5.28. The standard InChI is InChI=1S/C18H15IN2O2/c1-12-16(11-22)15-4-2-3-5-17(15)21(12)10-18(23)20-14-8-6-13(19)7-9-14/h2-9,11H,10H2,1H3,(H,20,23). The molecular weight excluding hydrogens is 403 g/mol. The molecule has 116 valence electrons. The lowest BCUT2D eigenvalue weighted by molar-refractivity contribution is -0.116. The van der Waals surface area contributed by atoms with E-state index in [2.05, 4.69) is 27.9 Å². The van der Waals surface area contributed by atoms with E-state index >= 15 is 0 Å². The highest BCUT2D eigenvalue weighted by molar-refractivity contribution is 14.1. The molecule has 4 nitrogen and oxygen atoms in total. The zero-order chi connectivity index (χ0) is 16.4. The van der Waals surface area contributed by atoms with Gasteiger partial charge in [-0.1, -0.05) is 18.2 Å². The zero-order valence-electron chi connectivity index (χ0n) is 12.5. The van der Waals surface area contributed by atoms with E-state index in [1.165, 1.54) is 0 Å². The van der Waals surface area contributed by atoms with Crippen molar-refractivity contribution in [2.45, 2.75) is 13.5 Å². The molecule has 0 bridgehead atoms. The zero-order valence-corrected chi connectivity index (χ0v) is 14.7. The van der Waals surface area contributed by atoms with Crippen molar-refractivity contribution in [3.8, 4) is 0 Å². The van der Waals surface area contributed by atoms with Gasteiger partial charge in [-0.05, 0) is 59.8 Å². The summed E-state index contributed by atoms with van der Waals surface area (Å²) in [5.41, 5.74) is 3.10. The van der Waals surface area contributed by atoms with Gasteiger partial charge < -0.3 is 9.88 Å². The number of para-hydroxylation sites is 1. The Morgan fingerprint density at radius 3 is 2.57 bits per heavy atom. The average Bonchev–Trinajstić information content (AvgIpc) is 2.81. The first-order valence-corrected chi connectivity index (χ1v) is 8.26. The van der Waals surface area contributed by atoms with Crippen LogP contribution in [0.1, 0.15) is 16.1 Å². The van der Waals surface area contributed by atoms with Crippen LogP contribution in [0.3, 0.4) is 0 Å². The summed E-state index contributed by atoms with van der Waals surface area (Å²) in [7, 11) is 0. The van der Waals surface area contributed by atoms with Gasteiger partial charge in [0.2, 0.25) is 5.91 Å². The number of benzene rings is 2. The second kappa shape index (κ2) is 6.54. The Kier molecular flexibility index (Phi) is 4.47. The molecule has 0 saturated heterocycles. The van der Waals surface area contributed by atoms with Gasteiger partial charge in [0.1, 0.15) is 6.54 Å². The van der Waals surface area contributed by atoms with E-state index in [-0.39, 0.29) is 12.5 Å². The Balaban J connectivity index is 1.89. The molecule has 2 aromatic carbocycles. The number of nitrogens with one attached hydrogen (secondary N) is 1. The van der Waals surface area contributed by atoms with Crippen molar-refractivity contribution in [2.75, 3.05) is 5.32 Å². The van der Waals surface area contributed by atoms with Gasteiger partial charge in [0.15, 0.2) is 6.29 Å². The molecule has 5 heteroatoms. The third-order valence-electron chi connectivity index (χ3n) is 3.83. The number of amides is 1. The summed E-state index contributed by atoms with van der Waals surface area (Å²) in [4.78, 5) is 23.7. The van der Waals surface area contributed by atoms with Crippen molar-refractivity contribution in [1.29, 1.82) is 0 Å². The minimum atomic E-state index is -0.118. The first-order valence-electron chi connectivity index (χ1n) is 7.18. The maximum absolute atomic E-state index is 12.3. The summed E-state index contributed by atoms with van der Waals surface area (Å²) >= 11 is 2.22. The summed E-state index contributed by atoms with van der Waals surface area (Å²) < 4.78 is 2.99. The fourth-order valence-electron chi connectivity index (χ4n) is 2.69. The van der Waals surface area contributed by atoms with Crippen molar-refractivity contribution in [3.63, 3.8) is 0 Å². The van der Waals surface area contributed by atoms with Crippen LogP contribution in [0.15, 0.2) is 48.5 Å². The molecule has 0 radical (unpaired) electrons. The molecule has 0 aliphatic rings. The van der Waals surface area contributed by atoms with Gasteiger partial charge in [-0.25, -0.2) is 0 Å². The van der Waals surface area contributed by atoms with Crippen LogP contribution in [-0.2, 0) is 11.3 Å². The van der Waals surface area contributed by atoms with Crippen LogP contribution in [0, 0.1) is 10.5 Å². The van der Waals surface area contributed by atoms with E-state index < -0.39 is 0 Å². The second-order valence-corrected chi connectivity index (χ2v) is 6.52. The van der Waals surface area contributed by atoms with Gasteiger partial charge in [-0.2, -0.15) is 0 Å². The van der Waals surface area contributed by atoms with Gasteiger partial charge in [0, 0.05) is 31.4 Å². The predicted octanol–water partition coefficient (Wildman–Crippen LogP) is 4.01. The molecule has 3 aromatic rings. The number of carbonyl (C=O) groups excluding carboxylic acids is 2. The Bertz CT molecular complexity index is 882. The van der Waals surface area contributed by atoms with Crippen LogP contribution in [0.4, 0.5) is 5.69 Å². The van der Waals surface area contributed by atoms with E-state index in [4.69, 9.17) is 0 Å². The number of carbonyl (C=O) groups is 2. The molecule has 0 atom stereocenters. The molecule has 3 rings (SSSR count). The summed E-state index contributed by atoms with van der Waals surface area (Å²) in [5, 5.41) is 3.76. The number of nitrogens with zero attached hydrogens (tertiary/aromatic N) is 1. The van der Waals surface area contributed by atoms with Crippen molar-refractivity contribution in [1.82, 2.24) is 4.57 Å². The fourth-order valence-corrected chi connectivity index (χ4v) is 3.05. The molecule has 1 aromatic heterocycles. The van der Waals surface area contributed by atoms with E-state index in [0.717, 1.165) is 32.1 Å². The molecular formula is C18H15IN2O2. The van der Waals surface area contributed by atoms with Gasteiger partial charge in [-0.3, -0.25) is 9.59 Å². The van der Waals surface area contributed by atoms with Crippen LogP contribution in [0.5, 0.6) is 0 Å². The summed E-state index contributed by atoms with van der Waals surface area (Å²) in [6.07, 6.45) is 0.852. The molecule has 23 heavy (non-hydrogen) atoms. The van der Waals surface area contributed by atoms with E-state index in [1.54, 1.807) is 0 Å². The molecule has 1 amide bonds. The minimum Gasteiger partial charge on any atom is -0.335 e. The molecule has 0 spiro atoms. The first kappa shape index (κ1) is 15.7. The third-order valence-corrected chi connectivity index (χ3v) is 4.55. The van der Waals surface area contributed by atoms with E-state index in [9.17, 15) is 9.59 Å². The van der Waals surface area contributed by atoms with Gasteiger partial charge in [0.05, 0.1) is 0 Å². The van der Waals surface area contributed by atoms with Crippen LogP contribution in [0.25, 0.3) is 10.9 Å². The van der Waals surface area contributed by atoms with Crippen LogP contribution >= 0.6 is 22.6 Å². The molecule has 0 saturated carbocycles. The van der Waals surface area contributed by atoms with E-state index in [1.807, 2.05) is 60.0 Å². The maximum Gasteiger partial charge on any atom is 0.244 e. The molecule has 0 aliphatic heterocycles. The number of rotatable bonds is 4. The minimum absolute atomic E-state index is 0.118. The Morgan fingerprint density at radius 1 is 1.17 bits per heavy atom. The number of aromatic nitrogens is 1. The summed E-state index contributed by atoms with van der Waals surface area (Å²) in [6.45, 7) is 2.04. The number of hydrogen-bond acceptors (Lipinski definition) is 2. The van der Waals surface area contributed by atoms with Crippen LogP contribution < -0.4 is 5.32 Å². The SMILES string of the molecule is Cc1c(C=O)c2ccccc2n1CC(=O)Nc1ccc(I)cc1. The molecule has 1 N–H and O–H groups in total. The van der Waals surface area contributed by atoms with Crippen molar-refractivity contribution >= 4 is 51.4 Å². The Hall–Kier alpha value is -2.15. The highest BCUT2D eigenvalue weighted by Crippen LogP contribution is 2.24. The monoisotopic (exact) mass is 418 g/mol. The topological polar surface area (TPSA) is 51.1 Å². The number of fused-ring (bicyclic) bond motifs is 1. The van der Waals surface area contributed by atoms with Crippen molar-refractivity contribution in [3.05, 3.63) is 63.4 Å². The highest BCUT2D eigenvalue weighted by atomic mass is 127. The lowest BCUT2D eigenvalue weighted by Gasteiger charge is -2.09. The van der Waals surface area contributed by atoms with Crippen molar-refractivity contribution < 1.29 is 9.59 Å². The lowest BCUT2D eigenvalue weighted by atomic mass is 10.1. The lowest BCUT2D eigenvalue weighted by Crippen LogP contribution is -2.19. The molecule has 1 heterocycles. The summed E-state index contributed by atoms with van der Waals surface area (Å²) in [5.74, 6) is -0.118. The molecule has 0 fully saturated rings. The molecule has 0 aliphatic carbocycles. The largest absolute Gasteiger partial charge is 0.335 e. The smallest absolute Gasteiger partial charge is 0.244 e. The van der Waals surface area contributed by atoms with E-state index in [0.29, 0.717) is 5.56 Å². The van der Waals surface area contributed by atoms with Gasteiger partial charge >= 0.3 is 0 Å². The van der Waals surface area contributed by atoms with Crippen LogP contribution in [0.2, 0.25) is 0 Å². The third kappa shape index (κ3) is 3.14. The fraction of sp³-hybridized carbons (Fsp3) is 0.111. The normalized spacial score (nSPS) is 10.7. The maximum atomic E-state index is 12.3. The van der Waals surface area contributed by atoms with Gasteiger partial charge in [0.25, 0.3) is 0 Å². The first-order chi connectivity index (χ1) is 11.1. The number of halogens is 1. The Labute approximate surface area is 147 Å². The number of hydrogen-bond donors (Lipinski definition) is 1. The highest BCUT2D eigenvalue weighted by Gasteiger charge is 2.15. The molecule has 0 unspecified atom stereocenters. The quantitative estimate of drug-likeness (QED) is 0.515. The summed E-state index contributed by atoms with van der Waals surface area (Å²) in [6, 6.07) is 15.3. The Morgan fingerprint density at radius 2 is 1.87 bits per heavy atom. The van der Waals surface area contributed by atoms with Crippen molar-refractivity contribution in [2.24, 2.45) is 0 Å². The van der Waals surface area contributed by atoms with Gasteiger partial charge in [-0.15, -0.1) is 0 Å². The number of aldehydes is 1. The number of anilines is 1.